The summed E-state index contributed by atoms with van der Waals surface area (Å²) in [5, 5.41) is 16.2. The average Bonchev–Trinajstić information content (AvgIpc) is 3.09. The van der Waals surface area contributed by atoms with Crippen molar-refractivity contribution in [2.75, 3.05) is 5.32 Å². The maximum Gasteiger partial charge on any atom is 0.263 e. The lowest BCUT2D eigenvalue weighted by molar-refractivity contribution is 0.530. The summed E-state index contributed by atoms with van der Waals surface area (Å²) in [6, 6.07) is 9.81. The SMILES string of the molecule is Cl.Fc1ccc(-c2ccc(CNc3nn[nH]n3)o2)cc1. The number of nitrogens with zero attached hydrogens (tertiary/aromatic N) is 3. The number of H-pyrrole nitrogens is 1. The van der Waals surface area contributed by atoms with Crippen LogP contribution in [0, 0.1) is 5.82 Å². The predicted molar refractivity (Wildman–Crippen MR) is 72.9 cm³/mol. The van der Waals surface area contributed by atoms with Crippen molar-refractivity contribution < 1.29 is 8.81 Å². The van der Waals surface area contributed by atoms with Crippen LogP contribution in [0.3, 0.4) is 0 Å². The first-order chi connectivity index (χ1) is 9.31. The molecular formula is C12H11ClFN5O. The third kappa shape index (κ3) is 3.12. The second-order valence-electron chi connectivity index (χ2n) is 3.86. The highest BCUT2D eigenvalue weighted by molar-refractivity contribution is 5.85. The molecule has 104 valence electrons. The molecule has 0 aliphatic rings. The van der Waals surface area contributed by atoms with E-state index in [9.17, 15) is 4.39 Å². The minimum Gasteiger partial charge on any atom is -0.459 e. The minimum atomic E-state index is -0.269. The molecule has 2 N–H and O–H groups in total. The van der Waals surface area contributed by atoms with Crippen LogP contribution in [0.5, 0.6) is 0 Å². The lowest BCUT2D eigenvalue weighted by atomic mass is 10.2. The molecule has 8 heteroatoms. The van der Waals surface area contributed by atoms with Gasteiger partial charge in [0.05, 0.1) is 6.54 Å². The Morgan fingerprint density at radius 3 is 2.65 bits per heavy atom. The molecule has 0 unspecified atom stereocenters. The molecule has 20 heavy (non-hydrogen) atoms. The summed E-state index contributed by atoms with van der Waals surface area (Å²) in [4.78, 5) is 0. The monoisotopic (exact) mass is 295 g/mol. The lowest BCUT2D eigenvalue weighted by Gasteiger charge is -1.98. The number of rotatable bonds is 4. The summed E-state index contributed by atoms with van der Waals surface area (Å²) in [7, 11) is 0. The van der Waals surface area contributed by atoms with Crippen LogP contribution >= 0.6 is 12.4 Å². The van der Waals surface area contributed by atoms with E-state index in [-0.39, 0.29) is 18.2 Å². The van der Waals surface area contributed by atoms with Gasteiger partial charge in [-0.15, -0.1) is 17.5 Å². The standard InChI is InChI=1S/C12H10FN5O.ClH/c13-9-3-1-8(2-4-9)11-6-5-10(19-11)7-14-12-15-17-18-16-12;/h1-6H,7H2,(H2,14,15,16,17,18);1H. The number of tetrazole rings is 1. The Kier molecular flexibility index (Phi) is 4.31. The zero-order valence-corrected chi connectivity index (χ0v) is 11.0. The van der Waals surface area contributed by atoms with Crippen LogP contribution in [0.2, 0.25) is 0 Å². The van der Waals surface area contributed by atoms with Crippen molar-refractivity contribution in [1.29, 1.82) is 0 Å². The molecule has 0 bridgehead atoms. The molecule has 6 nitrogen and oxygen atoms in total. The second kappa shape index (κ2) is 6.16. The fraction of sp³-hybridized carbons (Fsp3) is 0.0833. The third-order valence-electron chi connectivity index (χ3n) is 2.56. The number of benzene rings is 1. The molecule has 0 aliphatic heterocycles. The molecule has 0 saturated heterocycles. The molecule has 0 saturated carbocycles. The molecule has 2 aromatic heterocycles. The van der Waals surface area contributed by atoms with Crippen LogP contribution < -0.4 is 5.32 Å². The van der Waals surface area contributed by atoms with E-state index in [1.807, 2.05) is 12.1 Å². The summed E-state index contributed by atoms with van der Waals surface area (Å²) in [6.45, 7) is 0.445. The summed E-state index contributed by atoms with van der Waals surface area (Å²) in [5.74, 6) is 1.54. The largest absolute Gasteiger partial charge is 0.459 e. The number of hydrogen-bond donors (Lipinski definition) is 2. The number of hydrogen-bond acceptors (Lipinski definition) is 5. The fourth-order valence-electron chi connectivity index (χ4n) is 1.65. The molecular weight excluding hydrogens is 285 g/mol. The van der Waals surface area contributed by atoms with Crippen LogP contribution in [0.4, 0.5) is 10.3 Å². The Bertz CT molecular complexity index is 653. The van der Waals surface area contributed by atoms with Gasteiger partial charge in [0.15, 0.2) is 0 Å². The van der Waals surface area contributed by atoms with Crippen molar-refractivity contribution in [2.24, 2.45) is 0 Å². The van der Waals surface area contributed by atoms with Gasteiger partial charge in [-0.2, -0.15) is 5.21 Å². The van der Waals surface area contributed by atoms with Crippen LogP contribution in [0.25, 0.3) is 11.3 Å². The molecule has 0 spiro atoms. The quantitative estimate of drug-likeness (QED) is 0.773. The van der Waals surface area contributed by atoms with E-state index in [1.165, 1.54) is 12.1 Å². The van der Waals surface area contributed by atoms with Gasteiger partial charge in [-0.05, 0) is 41.6 Å². The van der Waals surface area contributed by atoms with E-state index in [0.29, 0.717) is 18.3 Å². The van der Waals surface area contributed by atoms with Crippen LogP contribution in [-0.4, -0.2) is 20.6 Å². The highest BCUT2D eigenvalue weighted by Crippen LogP contribution is 2.22. The number of nitrogens with one attached hydrogen (secondary N) is 2. The van der Waals surface area contributed by atoms with Gasteiger partial charge in [-0.25, -0.2) is 4.39 Å². The Balaban J connectivity index is 0.00000147. The summed E-state index contributed by atoms with van der Waals surface area (Å²) in [6.07, 6.45) is 0. The van der Waals surface area contributed by atoms with E-state index in [2.05, 4.69) is 25.9 Å². The molecule has 0 radical (unpaired) electrons. The van der Waals surface area contributed by atoms with Crippen LogP contribution in [0.1, 0.15) is 5.76 Å². The van der Waals surface area contributed by atoms with Crippen LogP contribution in [0.15, 0.2) is 40.8 Å². The van der Waals surface area contributed by atoms with E-state index >= 15 is 0 Å². The number of aromatic amines is 1. The maximum absolute atomic E-state index is 12.8. The van der Waals surface area contributed by atoms with Gasteiger partial charge in [0, 0.05) is 5.56 Å². The molecule has 0 atom stereocenters. The van der Waals surface area contributed by atoms with Crippen LogP contribution in [-0.2, 0) is 6.54 Å². The minimum absolute atomic E-state index is 0. The van der Waals surface area contributed by atoms with E-state index in [0.717, 1.165) is 11.3 Å². The first-order valence-corrected chi connectivity index (χ1v) is 5.63. The number of aromatic nitrogens is 4. The molecule has 0 amide bonds. The van der Waals surface area contributed by atoms with E-state index in [4.69, 9.17) is 4.42 Å². The summed E-state index contributed by atoms with van der Waals surface area (Å²) >= 11 is 0. The first-order valence-electron chi connectivity index (χ1n) is 5.63. The topological polar surface area (TPSA) is 79.6 Å². The predicted octanol–water partition coefficient (Wildman–Crippen LogP) is 2.63. The Morgan fingerprint density at radius 2 is 1.95 bits per heavy atom. The van der Waals surface area contributed by atoms with Crippen molar-refractivity contribution in [3.63, 3.8) is 0 Å². The highest BCUT2D eigenvalue weighted by Gasteiger charge is 2.05. The normalized spacial score (nSPS) is 10.1. The maximum atomic E-state index is 12.8. The van der Waals surface area contributed by atoms with Crippen molar-refractivity contribution in [3.8, 4) is 11.3 Å². The molecule has 3 rings (SSSR count). The average molecular weight is 296 g/mol. The molecule has 1 aromatic carbocycles. The molecule has 3 aromatic rings. The summed E-state index contributed by atoms with van der Waals surface area (Å²) in [5.41, 5.74) is 0.826. The van der Waals surface area contributed by atoms with E-state index in [1.54, 1.807) is 12.1 Å². The first kappa shape index (κ1) is 14.0. The van der Waals surface area contributed by atoms with Crippen molar-refractivity contribution in [1.82, 2.24) is 20.6 Å². The fourth-order valence-corrected chi connectivity index (χ4v) is 1.65. The van der Waals surface area contributed by atoms with Crippen molar-refractivity contribution in [3.05, 3.63) is 48.0 Å². The van der Waals surface area contributed by atoms with Gasteiger partial charge in [-0.1, -0.05) is 5.10 Å². The van der Waals surface area contributed by atoms with Gasteiger partial charge in [-0.3, -0.25) is 0 Å². The lowest BCUT2D eigenvalue weighted by Crippen LogP contribution is -1.99. The number of halogens is 2. The number of furan rings is 1. The number of anilines is 1. The van der Waals surface area contributed by atoms with Crippen molar-refractivity contribution in [2.45, 2.75) is 6.54 Å². The summed E-state index contributed by atoms with van der Waals surface area (Å²) < 4.78 is 18.5. The molecule has 0 aliphatic carbocycles. The zero-order chi connectivity index (χ0) is 13.1. The highest BCUT2D eigenvalue weighted by atomic mass is 35.5. The third-order valence-corrected chi connectivity index (χ3v) is 2.56. The second-order valence-corrected chi connectivity index (χ2v) is 3.86. The van der Waals surface area contributed by atoms with Gasteiger partial charge in [0.25, 0.3) is 5.95 Å². The molecule has 0 fully saturated rings. The Hall–Kier alpha value is -2.41. The van der Waals surface area contributed by atoms with Gasteiger partial charge < -0.3 is 9.73 Å². The van der Waals surface area contributed by atoms with Gasteiger partial charge >= 0.3 is 0 Å². The smallest absolute Gasteiger partial charge is 0.263 e. The van der Waals surface area contributed by atoms with Gasteiger partial charge in [0.2, 0.25) is 0 Å². The molecule has 2 heterocycles. The Morgan fingerprint density at radius 1 is 1.15 bits per heavy atom. The zero-order valence-electron chi connectivity index (χ0n) is 10.2. The Labute approximate surface area is 119 Å². The van der Waals surface area contributed by atoms with E-state index < -0.39 is 0 Å². The van der Waals surface area contributed by atoms with Crippen molar-refractivity contribution >= 4 is 18.4 Å². The van der Waals surface area contributed by atoms with Gasteiger partial charge in [0.1, 0.15) is 17.3 Å².